The molecule has 5 N–H and O–H groups in total. The van der Waals surface area contributed by atoms with Crippen LogP contribution < -0.4 is 16.8 Å². The Bertz CT molecular complexity index is 783. The van der Waals surface area contributed by atoms with Gasteiger partial charge in [-0.25, -0.2) is 4.79 Å². The average molecular weight is 698 g/mol. The number of hydrogen-bond acceptors (Lipinski definition) is 6. The van der Waals surface area contributed by atoms with E-state index in [1.54, 1.807) is 19.0 Å². The van der Waals surface area contributed by atoms with Crippen LogP contribution in [0, 0.1) is 0 Å². The molecule has 290 valence electrons. The normalized spacial score (nSPS) is 12.9. The highest BCUT2D eigenvalue weighted by Crippen LogP contribution is 2.14. The molecule has 0 aromatic heterocycles. The number of nitrogens with one attached hydrogen (secondary N) is 1. The third-order valence-corrected chi connectivity index (χ3v) is 8.98. The summed E-state index contributed by atoms with van der Waals surface area (Å²) in [6.07, 6.45) is 30.2. The van der Waals surface area contributed by atoms with Crippen molar-refractivity contribution in [2.24, 2.45) is 16.5 Å². The van der Waals surface area contributed by atoms with E-state index in [-0.39, 0.29) is 25.7 Å². The first-order chi connectivity index (χ1) is 23.8. The highest BCUT2D eigenvalue weighted by molar-refractivity contribution is 5.84. The summed E-state index contributed by atoms with van der Waals surface area (Å²) in [5.41, 5.74) is 11.3. The minimum atomic E-state index is -0.909. The molecule has 49 heavy (non-hydrogen) atoms. The zero-order valence-electron chi connectivity index (χ0n) is 32.5. The van der Waals surface area contributed by atoms with Gasteiger partial charge in [0.25, 0.3) is 0 Å². The van der Waals surface area contributed by atoms with Crippen LogP contribution in [-0.4, -0.2) is 82.1 Å². The van der Waals surface area contributed by atoms with Crippen molar-refractivity contribution in [1.29, 1.82) is 0 Å². The summed E-state index contributed by atoms with van der Waals surface area (Å²) < 4.78 is 17.5. The Hall–Kier alpha value is -2.07. The number of primary amides is 1. The Kier molecular flexibility index (Phi) is 34.2. The van der Waals surface area contributed by atoms with Crippen LogP contribution in [0.1, 0.15) is 174 Å². The highest BCUT2D eigenvalue weighted by atomic mass is 16.6. The van der Waals surface area contributed by atoms with Gasteiger partial charge in [0.2, 0.25) is 5.91 Å². The molecule has 0 heterocycles. The second-order valence-electron chi connectivity index (χ2n) is 14.0. The van der Waals surface area contributed by atoms with Gasteiger partial charge in [-0.3, -0.25) is 9.79 Å². The lowest BCUT2D eigenvalue weighted by Crippen LogP contribution is -2.46. The zero-order chi connectivity index (χ0) is 36.2. The number of carbonyl (C=O) groups excluding carboxylic acids is 2. The van der Waals surface area contributed by atoms with Crippen molar-refractivity contribution in [2.75, 3.05) is 47.1 Å². The van der Waals surface area contributed by atoms with E-state index in [9.17, 15) is 9.59 Å². The molecule has 0 aromatic carbocycles. The number of carbonyl (C=O) groups is 2. The number of aliphatic imine (C=N–C) groups is 1. The standard InChI is InChI=1S/C39H79N5O5/c1-5-7-9-11-13-15-17-19-21-23-25-27-31-47-33-35(48-32-28-26-24-22-20-18-16-14-12-10-8-6-2)34-49-39(46)43-36(37(40)45)29-30-42-38(41)44(3)4/h35-36H,5-34H2,1-4H3,(H2,40,45)(H2,41,42)(H,43,46). The van der Waals surface area contributed by atoms with Crippen molar-refractivity contribution in [3.8, 4) is 0 Å². The molecule has 0 rings (SSSR count). The molecule has 0 aliphatic rings. The molecular formula is C39H79N5O5. The molecule has 10 nitrogen and oxygen atoms in total. The van der Waals surface area contributed by atoms with E-state index in [1.165, 1.54) is 135 Å². The number of ether oxygens (including phenoxy) is 3. The number of hydrogen-bond donors (Lipinski definition) is 3. The third-order valence-electron chi connectivity index (χ3n) is 8.98. The van der Waals surface area contributed by atoms with Crippen LogP contribution in [-0.2, 0) is 19.0 Å². The number of unbranched alkanes of at least 4 members (excludes halogenated alkanes) is 22. The van der Waals surface area contributed by atoms with Gasteiger partial charge in [-0.1, -0.05) is 155 Å². The van der Waals surface area contributed by atoms with Gasteiger partial charge in [0, 0.05) is 33.9 Å². The van der Waals surface area contributed by atoms with Crippen molar-refractivity contribution in [3.05, 3.63) is 0 Å². The summed E-state index contributed by atoms with van der Waals surface area (Å²) in [4.78, 5) is 30.3. The lowest BCUT2D eigenvalue weighted by molar-refractivity contribution is -0.120. The molecule has 0 radical (unpaired) electrons. The van der Waals surface area contributed by atoms with E-state index in [0.717, 1.165) is 19.3 Å². The molecule has 0 aromatic rings. The fourth-order valence-corrected chi connectivity index (χ4v) is 5.69. The largest absolute Gasteiger partial charge is 0.447 e. The predicted octanol–water partition coefficient (Wildman–Crippen LogP) is 8.64. The van der Waals surface area contributed by atoms with Gasteiger partial charge in [0.15, 0.2) is 5.96 Å². The van der Waals surface area contributed by atoms with Crippen molar-refractivity contribution < 1.29 is 23.8 Å². The molecule has 10 heteroatoms. The molecular weight excluding hydrogens is 618 g/mol. The summed E-state index contributed by atoms with van der Waals surface area (Å²) in [5, 5.41) is 2.56. The van der Waals surface area contributed by atoms with E-state index in [1.807, 2.05) is 0 Å². The van der Waals surface area contributed by atoms with Crippen LogP contribution in [0.15, 0.2) is 4.99 Å². The first-order valence-corrected chi connectivity index (χ1v) is 20.2. The monoisotopic (exact) mass is 698 g/mol. The van der Waals surface area contributed by atoms with E-state index in [2.05, 4.69) is 24.2 Å². The van der Waals surface area contributed by atoms with Gasteiger partial charge < -0.3 is 35.9 Å². The summed E-state index contributed by atoms with van der Waals surface area (Å²) >= 11 is 0. The maximum absolute atomic E-state index is 12.6. The number of nitrogens with zero attached hydrogens (tertiary/aromatic N) is 2. The van der Waals surface area contributed by atoms with E-state index in [0.29, 0.717) is 25.8 Å². The maximum atomic E-state index is 12.6. The van der Waals surface area contributed by atoms with Gasteiger partial charge in [0.05, 0.1) is 6.61 Å². The van der Waals surface area contributed by atoms with Crippen LogP contribution in [0.25, 0.3) is 0 Å². The Balaban J connectivity index is 4.42. The SMILES string of the molecule is CCCCCCCCCCCCCCOCC(COC(=O)NC(CCN=C(N)N(C)C)C(N)=O)OCCCCCCCCCCCCCC. The minimum absolute atomic E-state index is 0.0414. The molecule has 0 aliphatic heterocycles. The fourth-order valence-electron chi connectivity index (χ4n) is 5.69. The molecule has 0 bridgehead atoms. The Morgan fingerprint density at radius 1 is 0.633 bits per heavy atom. The summed E-state index contributed by atoms with van der Waals surface area (Å²) in [7, 11) is 3.55. The third kappa shape index (κ3) is 32.9. The van der Waals surface area contributed by atoms with E-state index in [4.69, 9.17) is 25.7 Å². The van der Waals surface area contributed by atoms with Gasteiger partial charge in [-0.05, 0) is 19.3 Å². The van der Waals surface area contributed by atoms with Crippen LogP contribution in [0.3, 0.4) is 0 Å². The molecule has 2 amide bonds. The number of rotatable bonds is 36. The van der Waals surface area contributed by atoms with Gasteiger partial charge in [0.1, 0.15) is 18.8 Å². The van der Waals surface area contributed by atoms with Gasteiger partial charge >= 0.3 is 6.09 Å². The summed E-state index contributed by atoms with van der Waals surface area (Å²) in [5.74, 6) is -0.316. The second kappa shape index (κ2) is 35.7. The minimum Gasteiger partial charge on any atom is -0.447 e. The molecule has 0 spiro atoms. The molecule has 0 saturated carbocycles. The van der Waals surface area contributed by atoms with Crippen LogP contribution >= 0.6 is 0 Å². The van der Waals surface area contributed by atoms with E-state index >= 15 is 0 Å². The number of alkyl carbamates (subject to hydrolysis) is 1. The Morgan fingerprint density at radius 2 is 1.06 bits per heavy atom. The summed E-state index contributed by atoms with van der Waals surface area (Å²) in [6, 6.07) is -0.909. The fraction of sp³-hybridized carbons (Fsp3) is 0.923. The van der Waals surface area contributed by atoms with E-state index < -0.39 is 18.0 Å². The molecule has 2 unspecified atom stereocenters. The predicted molar refractivity (Wildman–Crippen MR) is 205 cm³/mol. The van der Waals surface area contributed by atoms with Crippen LogP contribution in [0.2, 0.25) is 0 Å². The smallest absolute Gasteiger partial charge is 0.407 e. The van der Waals surface area contributed by atoms with Crippen molar-refractivity contribution in [1.82, 2.24) is 10.2 Å². The number of guanidine groups is 1. The Morgan fingerprint density at radius 3 is 1.49 bits per heavy atom. The zero-order valence-corrected chi connectivity index (χ0v) is 32.5. The average Bonchev–Trinajstić information content (AvgIpc) is 3.08. The molecule has 2 atom stereocenters. The first-order valence-electron chi connectivity index (χ1n) is 20.2. The molecule has 0 saturated heterocycles. The van der Waals surface area contributed by atoms with Crippen molar-refractivity contribution in [3.63, 3.8) is 0 Å². The second-order valence-corrected chi connectivity index (χ2v) is 14.0. The van der Waals surface area contributed by atoms with Gasteiger partial charge in [-0.15, -0.1) is 0 Å². The van der Waals surface area contributed by atoms with Crippen LogP contribution in [0.4, 0.5) is 4.79 Å². The molecule has 0 aliphatic carbocycles. The van der Waals surface area contributed by atoms with Crippen molar-refractivity contribution >= 4 is 18.0 Å². The maximum Gasteiger partial charge on any atom is 0.407 e. The van der Waals surface area contributed by atoms with Gasteiger partial charge in [-0.2, -0.15) is 0 Å². The number of nitrogens with two attached hydrogens (primary N) is 2. The van der Waals surface area contributed by atoms with Crippen molar-refractivity contribution in [2.45, 2.75) is 187 Å². The summed E-state index contributed by atoms with van der Waals surface area (Å²) in [6.45, 7) is 6.45. The highest BCUT2D eigenvalue weighted by Gasteiger charge is 2.20. The quantitative estimate of drug-likeness (QED) is 0.0338. The lowest BCUT2D eigenvalue weighted by Gasteiger charge is -2.20. The topological polar surface area (TPSA) is 141 Å². The Labute approximate surface area is 301 Å². The number of amides is 2. The first kappa shape index (κ1) is 46.9. The van der Waals surface area contributed by atoms with Crippen LogP contribution in [0.5, 0.6) is 0 Å². The lowest BCUT2D eigenvalue weighted by atomic mass is 10.1. The molecule has 0 fully saturated rings.